The fraction of sp³-hybridized carbons (Fsp3) is 0.857. The van der Waals surface area contributed by atoms with Gasteiger partial charge in [0.2, 0.25) is 0 Å². The second-order valence-electron chi connectivity index (χ2n) is 3.02. The lowest BCUT2D eigenvalue weighted by Crippen LogP contribution is -2.23. The zero-order valence-corrected chi connectivity index (χ0v) is 5.72. The van der Waals surface area contributed by atoms with Crippen LogP contribution < -0.4 is 5.43 Å². The molecule has 0 bridgehead atoms. The third kappa shape index (κ3) is 0.655. The molecule has 1 fully saturated rings. The summed E-state index contributed by atoms with van der Waals surface area (Å²) >= 11 is 0. The van der Waals surface area contributed by atoms with E-state index in [-0.39, 0.29) is 0 Å². The largest absolute Gasteiger partial charge is 0.307 e. The number of nitrogens with zero attached hydrogens (tertiary/aromatic N) is 1. The lowest BCUT2D eigenvalue weighted by atomic mass is 10.0. The van der Waals surface area contributed by atoms with E-state index < -0.39 is 0 Å². The van der Waals surface area contributed by atoms with Gasteiger partial charge in [-0.05, 0) is 26.2 Å². The SMILES string of the molecule is CC1NN=C2CCCC21. The van der Waals surface area contributed by atoms with Crippen molar-refractivity contribution in [2.24, 2.45) is 11.0 Å². The summed E-state index contributed by atoms with van der Waals surface area (Å²) in [5.41, 5.74) is 4.53. The van der Waals surface area contributed by atoms with Crippen molar-refractivity contribution >= 4 is 5.71 Å². The topological polar surface area (TPSA) is 24.4 Å². The van der Waals surface area contributed by atoms with Crippen molar-refractivity contribution in [3.63, 3.8) is 0 Å². The maximum atomic E-state index is 4.25. The molecule has 2 aliphatic rings. The van der Waals surface area contributed by atoms with E-state index in [1.165, 1.54) is 25.0 Å². The summed E-state index contributed by atoms with van der Waals surface area (Å²) in [7, 11) is 0. The van der Waals surface area contributed by atoms with E-state index in [1.807, 2.05) is 0 Å². The molecule has 0 radical (unpaired) electrons. The van der Waals surface area contributed by atoms with Crippen molar-refractivity contribution in [3.05, 3.63) is 0 Å². The van der Waals surface area contributed by atoms with Crippen LogP contribution in [0.5, 0.6) is 0 Å². The van der Waals surface area contributed by atoms with Crippen LogP contribution in [-0.2, 0) is 0 Å². The van der Waals surface area contributed by atoms with Crippen LogP contribution in [0.25, 0.3) is 0 Å². The van der Waals surface area contributed by atoms with Crippen LogP contribution >= 0.6 is 0 Å². The molecule has 0 amide bonds. The minimum atomic E-state index is 0.613. The fourth-order valence-electron chi connectivity index (χ4n) is 1.81. The van der Waals surface area contributed by atoms with Gasteiger partial charge in [-0.1, -0.05) is 0 Å². The van der Waals surface area contributed by atoms with Crippen LogP contribution in [0.2, 0.25) is 0 Å². The Bertz CT molecular complexity index is 151. The van der Waals surface area contributed by atoms with Crippen molar-refractivity contribution in [3.8, 4) is 0 Å². The summed E-state index contributed by atoms with van der Waals surface area (Å²) in [5, 5.41) is 4.25. The van der Waals surface area contributed by atoms with Crippen molar-refractivity contribution < 1.29 is 0 Å². The van der Waals surface area contributed by atoms with E-state index in [9.17, 15) is 0 Å². The van der Waals surface area contributed by atoms with Gasteiger partial charge in [0.05, 0.1) is 0 Å². The molecular formula is C7H12N2. The molecule has 50 valence electrons. The number of hydrazone groups is 1. The smallest absolute Gasteiger partial charge is 0.0493 e. The summed E-state index contributed by atoms with van der Waals surface area (Å²) in [6.45, 7) is 2.21. The molecule has 1 heterocycles. The number of hydrogen-bond donors (Lipinski definition) is 1. The number of fused-ring (bicyclic) bond motifs is 1. The third-order valence-electron chi connectivity index (χ3n) is 2.39. The van der Waals surface area contributed by atoms with Gasteiger partial charge in [0, 0.05) is 17.7 Å². The summed E-state index contributed by atoms with van der Waals surface area (Å²) in [5.74, 6) is 0.782. The zero-order valence-electron chi connectivity index (χ0n) is 5.72. The first kappa shape index (κ1) is 5.27. The molecule has 2 rings (SSSR count). The predicted molar refractivity (Wildman–Crippen MR) is 37.4 cm³/mol. The minimum Gasteiger partial charge on any atom is -0.307 e. The molecule has 1 aliphatic carbocycles. The Morgan fingerprint density at radius 1 is 1.67 bits per heavy atom. The second-order valence-corrected chi connectivity index (χ2v) is 3.02. The first-order chi connectivity index (χ1) is 4.38. The van der Waals surface area contributed by atoms with E-state index in [2.05, 4.69) is 17.5 Å². The normalized spacial score (nSPS) is 39.9. The Morgan fingerprint density at radius 3 is 3.33 bits per heavy atom. The molecule has 2 unspecified atom stereocenters. The number of hydrogen-bond acceptors (Lipinski definition) is 2. The van der Waals surface area contributed by atoms with Crippen molar-refractivity contribution in [1.82, 2.24) is 5.43 Å². The van der Waals surface area contributed by atoms with Gasteiger partial charge >= 0.3 is 0 Å². The third-order valence-corrected chi connectivity index (χ3v) is 2.39. The summed E-state index contributed by atoms with van der Waals surface area (Å²) in [6.07, 6.45) is 3.95. The van der Waals surface area contributed by atoms with Gasteiger partial charge < -0.3 is 5.43 Å². The van der Waals surface area contributed by atoms with Crippen LogP contribution in [0.4, 0.5) is 0 Å². The summed E-state index contributed by atoms with van der Waals surface area (Å²) < 4.78 is 0. The van der Waals surface area contributed by atoms with Gasteiger partial charge in [0.25, 0.3) is 0 Å². The summed E-state index contributed by atoms with van der Waals surface area (Å²) in [4.78, 5) is 0. The van der Waals surface area contributed by atoms with Crippen LogP contribution in [-0.4, -0.2) is 11.8 Å². The molecule has 0 saturated heterocycles. The number of nitrogens with one attached hydrogen (secondary N) is 1. The molecule has 0 aromatic rings. The highest BCUT2D eigenvalue weighted by Gasteiger charge is 2.31. The average Bonchev–Trinajstić information content (AvgIpc) is 2.35. The Morgan fingerprint density at radius 2 is 2.56 bits per heavy atom. The van der Waals surface area contributed by atoms with Gasteiger partial charge in [-0.25, -0.2) is 0 Å². The molecule has 0 spiro atoms. The molecule has 2 atom stereocenters. The van der Waals surface area contributed by atoms with Gasteiger partial charge in [-0.2, -0.15) is 5.10 Å². The van der Waals surface area contributed by atoms with Crippen molar-refractivity contribution in [2.45, 2.75) is 32.2 Å². The molecule has 0 aromatic heterocycles. The minimum absolute atomic E-state index is 0.613. The molecule has 9 heavy (non-hydrogen) atoms. The second kappa shape index (κ2) is 1.72. The molecule has 1 N–H and O–H groups in total. The van der Waals surface area contributed by atoms with Crippen LogP contribution in [0, 0.1) is 5.92 Å². The zero-order chi connectivity index (χ0) is 6.27. The molecule has 0 aromatic carbocycles. The first-order valence-corrected chi connectivity index (χ1v) is 3.70. The quantitative estimate of drug-likeness (QED) is 0.514. The molecule has 1 saturated carbocycles. The van der Waals surface area contributed by atoms with Crippen LogP contribution in [0.1, 0.15) is 26.2 Å². The highest BCUT2D eigenvalue weighted by Crippen LogP contribution is 2.28. The monoisotopic (exact) mass is 124 g/mol. The van der Waals surface area contributed by atoms with E-state index in [4.69, 9.17) is 0 Å². The Labute approximate surface area is 55.3 Å². The van der Waals surface area contributed by atoms with Gasteiger partial charge in [0.15, 0.2) is 0 Å². The van der Waals surface area contributed by atoms with E-state index in [1.54, 1.807) is 0 Å². The average molecular weight is 124 g/mol. The maximum absolute atomic E-state index is 4.25. The Hall–Kier alpha value is -0.530. The number of rotatable bonds is 0. The van der Waals surface area contributed by atoms with Gasteiger partial charge in [-0.3, -0.25) is 0 Å². The maximum Gasteiger partial charge on any atom is 0.0493 e. The van der Waals surface area contributed by atoms with Gasteiger partial charge in [-0.15, -0.1) is 0 Å². The lowest BCUT2D eigenvalue weighted by molar-refractivity contribution is 0.497. The molecule has 1 aliphatic heterocycles. The molecule has 2 nitrogen and oxygen atoms in total. The van der Waals surface area contributed by atoms with Gasteiger partial charge in [0.1, 0.15) is 0 Å². The fourth-order valence-corrected chi connectivity index (χ4v) is 1.81. The van der Waals surface area contributed by atoms with Crippen molar-refractivity contribution in [2.75, 3.05) is 0 Å². The molecule has 2 heteroatoms. The van der Waals surface area contributed by atoms with Crippen LogP contribution in [0.15, 0.2) is 5.10 Å². The highest BCUT2D eigenvalue weighted by molar-refractivity contribution is 5.90. The highest BCUT2D eigenvalue weighted by atomic mass is 15.3. The van der Waals surface area contributed by atoms with E-state index in [0.29, 0.717) is 6.04 Å². The summed E-state index contributed by atoms with van der Waals surface area (Å²) in [6, 6.07) is 0.613. The van der Waals surface area contributed by atoms with E-state index in [0.717, 1.165) is 5.92 Å². The first-order valence-electron chi connectivity index (χ1n) is 3.70. The lowest BCUT2D eigenvalue weighted by Gasteiger charge is -2.08. The van der Waals surface area contributed by atoms with Crippen LogP contribution in [0.3, 0.4) is 0 Å². The Kier molecular flexibility index (Phi) is 1.01. The molecular weight excluding hydrogens is 112 g/mol. The van der Waals surface area contributed by atoms with E-state index >= 15 is 0 Å². The predicted octanol–water partition coefficient (Wildman–Crippen LogP) is 1.13. The Balaban J connectivity index is 2.19. The standard InChI is InChI=1S/C7H12N2/c1-5-6-3-2-4-7(6)9-8-5/h5-6,8H,2-4H2,1H3. The van der Waals surface area contributed by atoms with Crippen molar-refractivity contribution in [1.29, 1.82) is 0 Å².